The van der Waals surface area contributed by atoms with Crippen molar-refractivity contribution in [2.24, 2.45) is 0 Å². The highest BCUT2D eigenvalue weighted by atomic mass is 32.1. The lowest BCUT2D eigenvalue weighted by Gasteiger charge is -2.07. The lowest BCUT2D eigenvalue weighted by atomic mass is 11.1. The molecule has 0 aliphatic carbocycles. The summed E-state index contributed by atoms with van der Waals surface area (Å²) in [6.07, 6.45) is 0. The van der Waals surface area contributed by atoms with Crippen LogP contribution in [0.2, 0.25) is 0 Å². The Morgan fingerprint density at radius 3 is 2.43 bits per heavy atom. The lowest BCUT2D eigenvalue weighted by molar-refractivity contribution is 0.455. The zero-order valence-corrected chi connectivity index (χ0v) is 5.50. The van der Waals surface area contributed by atoms with Gasteiger partial charge in [-0.05, 0) is 14.1 Å². The Hall–Kier alpha value is 0.230. The van der Waals surface area contributed by atoms with Gasteiger partial charge in [0.15, 0.2) is 0 Å². The molecule has 0 aromatic carbocycles. The average Bonchev–Trinajstić information content (AvgIpc) is 1.61. The van der Waals surface area contributed by atoms with E-state index < -0.39 is 0 Å². The van der Waals surface area contributed by atoms with Gasteiger partial charge in [0.05, 0.1) is 6.67 Å². The van der Waals surface area contributed by atoms with Crippen LogP contribution in [0.25, 0.3) is 0 Å². The smallest absolute Gasteiger partial charge is 0.0706 e. The van der Waals surface area contributed by atoms with Gasteiger partial charge in [-0.15, -0.1) is 0 Å². The largest absolute Gasteiger partial charge is 0.260 e. The Balaban J connectivity index is 2.68. The first kappa shape index (κ1) is 7.23. The van der Waals surface area contributed by atoms with Crippen molar-refractivity contribution in [2.45, 2.75) is 0 Å². The standard InChI is InChI=1S/C3H11N3S/c1-4-5-3-6(2)7/h4-5,7H,3H2,1-2H3. The third-order valence-electron chi connectivity index (χ3n) is 0.485. The molecule has 0 unspecified atom stereocenters. The maximum Gasteiger partial charge on any atom is 0.0706 e. The maximum absolute atomic E-state index is 3.96. The van der Waals surface area contributed by atoms with Gasteiger partial charge < -0.3 is 0 Å². The molecule has 0 aliphatic heterocycles. The highest BCUT2D eigenvalue weighted by molar-refractivity contribution is 7.77. The first-order chi connectivity index (χ1) is 3.27. The number of hydrogen-bond acceptors (Lipinski definition) is 4. The van der Waals surface area contributed by atoms with Gasteiger partial charge in [0.2, 0.25) is 0 Å². The molecule has 0 fully saturated rings. The molecule has 7 heavy (non-hydrogen) atoms. The lowest BCUT2D eigenvalue weighted by Crippen LogP contribution is -2.34. The number of hydrazine groups is 1. The molecule has 0 aromatic rings. The second-order valence-electron chi connectivity index (χ2n) is 1.24. The van der Waals surface area contributed by atoms with E-state index in [1.165, 1.54) is 0 Å². The van der Waals surface area contributed by atoms with Crippen LogP contribution in [0, 0.1) is 0 Å². The second-order valence-corrected chi connectivity index (χ2v) is 1.93. The summed E-state index contributed by atoms with van der Waals surface area (Å²) in [5.74, 6) is 0. The predicted octanol–water partition coefficient (Wildman–Crippen LogP) is -0.555. The molecular formula is C3H11N3S. The first-order valence-electron chi connectivity index (χ1n) is 2.07. The van der Waals surface area contributed by atoms with Crippen molar-refractivity contribution in [1.29, 1.82) is 0 Å². The number of rotatable bonds is 3. The van der Waals surface area contributed by atoms with Crippen molar-refractivity contribution >= 4 is 12.8 Å². The minimum Gasteiger partial charge on any atom is -0.260 e. The van der Waals surface area contributed by atoms with Gasteiger partial charge in [-0.2, -0.15) is 0 Å². The summed E-state index contributed by atoms with van der Waals surface area (Å²) in [6, 6.07) is 0. The Kier molecular flexibility index (Phi) is 4.53. The van der Waals surface area contributed by atoms with Crippen LogP contribution in [0.1, 0.15) is 0 Å². The number of nitrogens with zero attached hydrogens (tertiary/aromatic N) is 1. The van der Waals surface area contributed by atoms with Gasteiger partial charge in [-0.3, -0.25) is 5.43 Å². The van der Waals surface area contributed by atoms with Crippen molar-refractivity contribution in [2.75, 3.05) is 20.8 Å². The molecule has 4 heteroatoms. The number of hydrogen-bond donors (Lipinski definition) is 3. The van der Waals surface area contributed by atoms with E-state index in [0.29, 0.717) is 0 Å². The number of thiol groups is 1. The SMILES string of the molecule is CNNCN(C)S. The molecule has 0 atom stereocenters. The van der Waals surface area contributed by atoms with Gasteiger partial charge in [0.25, 0.3) is 0 Å². The molecular weight excluding hydrogens is 110 g/mol. The molecule has 0 rings (SSSR count). The number of nitrogens with one attached hydrogen (secondary N) is 2. The van der Waals surface area contributed by atoms with E-state index in [-0.39, 0.29) is 0 Å². The van der Waals surface area contributed by atoms with E-state index in [1.54, 1.807) is 4.31 Å². The topological polar surface area (TPSA) is 27.3 Å². The summed E-state index contributed by atoms with van der Waals surface area (Å²) >= 11 is 3.96. The van der Waals surface area contributed by atoms with Crippen LogP contribution in [0.15, 0.2) is 0 Å². The third-order valence-corrected chi connectivity index (χ3v) is 0.626. The normalized spacial score (nSPS) is 10.3. The zero-order chi connectivity index (χ0) is 5.70. The van der Waals surface area contributed by atoms with Gasteiger partial charge in [-0.1, -0.05) is 12.8 Å². The van der Waals surface area contributed by atoms with Crippen LogP contribution < -0.4 is 10.9 Å². The van der Waals surface area contributed by atoms with Crippen molar-refractivity contribution in [3.8, 4) is 0 Å². The molecule has 0 spiro atoms. The Labute approximate surface area is 49.6 Å². The first-order valence-corrected chi connectivity index (χ1v) is 2.47. The Morgan fingerprint density at radius 1 is 1.71 bits per heavy atom. The summed E-state index contributed by atoms with van der Waals surface area (Å²) in [5.41, 5.74) is 5.61. The van der Waals surface area contributed by atoms with Crippen molar-refractivity contribution in [3.63, 3.8) is 0 Å². The predicted molar refractivity (Wildman–Crippen MR) is 33.8 cm³/mol. The molecule has 0 bridgehead atoms. The Bertz CT molecular complexity index is 39.2. The van der Waals surface area contributed by atoms with Gasteiger partial charge >= 0.3 is 0 Å². The minimum atomic E-state index is 0.736. The van der Waals surface area contributed by atoms with E-state index in [4.69, 9.17) is 0 Å². The summed E-state index contributed by atoms with van der Waals surface area (Å²) in [5, 5.41) is 0. The quantitative estimate of drug-likeness (QED) is 0.265. The zero-order valence-electron chi connectivity index (χ0n) is 4.60. The molecule has 3 nitrogen and oxygen atoms in total. The molecule has 2 N–H and O–H groups in total. The second kappa shape index (κ2) is 4.39. The molecule has 0 saturated carbocycles. The molecule has 0 radical (unpaired) electrons. The van der Waals surface area contributed by atoms with Crippen LogP contribution in [0.5, 0.6) is 0 Å². The molecule has 0 aliphatic rings. The van der Waals surface area contributed by atoms with Crippen molar-refractivity contribution < 1.29 is 0 Å². The van der Waals surface area contributed by atoms with E-state index in [2.05, 4.69) is 23.7 Å². The van der Waals surface area contributed by atoms with Crippen LogP contribution in [-0.4, -0.2) is 25.1 Å². The monoisotopic (exact) mass is 121 g/mol. The van der Waals surface area contributed by atoms with Crippen molar-refractivity contribution in [3.05, 3.63) is 0 Å². The fourth-order valence-electron chi connectivity index (χ4n) is 0.193. The molecule has 0 saturated heterocycles. The average molecular weight is 121 g/mol. The third kappa shape index (κ3) is 6.23. The fourth-order valence-corrected chi connectivity index (χ4v) is 0.264. The van der Waals surface area contributed by atoms with E-state index >= 15 is 0 Å². The molecule has 0 amide bonds. The fraction of sp³-hybridized carbons (Fsp3) is 1.00. The highest BCUT2D eigenvalue weighted by Crippen LogP contribution is 1.77. The summed E-state index contributed by atoms with van der Waals surface area (Å²) in [4.78, 5) is 0. The molecule has 0 heterocycles. The summed E-state index contributed by atoms with van der Waals surface area (Å²) < 4.78 is 1.73. The van der Waals surface area contributed by atoms with Crippen molar-refractivity contribution in [1.82, 2.24) is 15.2 Å². The molecule has 0 aromatic heterocycles. The van der Waals surface area contributed by atoms with Gasteiger partial charge in [0.1, 0.15) is 0 Å². The van der Waals surface area contributed by atoms with Crippen LogP contribution in [-0.2, 0) is 0 Å². The van der Waals surface area contributed by atoms with Crippen LogP contribution >= 0.6 is 12.8 Å². The molecule has 44 valence electrons. The van der Waals surface area contributed by atoms with Gasteiger partial charge in [-0.25, -0.2) is 9.73 Å². The van der Waals surface area contributed by atoms with E-state index in [0.717, 1.165) is 6.67 Å². The van der Waals surface area contributed by atoms with Gasteiger partial charge in [0, 0.05) is 0 Å². The summed E-state index contributed by atoms with van der Waals surface area (Å²) in [7, 11) is 3.69. The Morgan fingerprint density at radius 2 is 2.29 bits per heavy atom. The minimum absolute atomic E-state index is 0.736. The summed E-state index contributed by atoms with van der Waals surface area (Å²) in [6.45, 7) is 0.736. The van der Waals surface area contributed by atoms with Crippen LogP contribution in [0.3, 0.4) is 0 Å². The van der Waals surface area contributed by atoms with E-state index in [9.17, 15) is 0 Å². The van der Waals surface area contributed by atoms with Crippen LogP contribution in [0.4, 0.5) is 0 Å². The maximum atomic E-state index is 3.96. The highest BCUT2D eigenvalue weighted by Gasteiger charge is 1.81. The van der Waals surface area contributed by atoms with E-state index in [1.807, 2.05) is 14.1 Å².